The highest BCUT2D eigenvalue weighted by Gasteiger charge is 2.47. The first kappa shape index (κ1) is 25.0. The van der Waals surface area contributed by atoms with Gasteiger partial charge in [0, 0.05) is 17.0 Å². The Morgan fingerprint density at radius 1 is 0.758 bits per heavy atom. The summed E-state index contributed by atoms with van der Waals surface area (Å²) in [6, 6.07) is 32.2. The molecular formula is C28H29BrNO2P. The highest BCUT2D eigenvalue weighted by molar-refractivity contribution is 7.95. The van der Waals surface area contributed by atoms with Crippen molar-refractivity contribution in [2.24, 2.45) is 0 Å². The third-order valence-electron chi connectivity index (χ3n) is 5.97. The van der Waals surface area contributed by atoms with Gasteiger partial charge in [-0.15, -0.1) is 0 Å². The summed E-state index contributed by atoms with van der Waals surface area (Å²) in [4.78, 5) is 16.4. The van der Waals surface area contributed by atoms with Crippen molar-refractivity contribution in [3.8, 4) is 0 Å². The Labute approximate surface area is 207 Å². The summed E-state index contributed by atoms with van der Waals surface area (Å²) in [6.45, 7) is 6.22. The molecule has 0 amide bonds. The van der Waals surface area contributed by atoms with Gasteiger partial charge in [0.05, 0.1) is 12.2 Å². The average Bonchev–Trinajstić information content (AvgIpc) is 3.11. The quantitative estimate of drug-likeness (QED) is 0.299. The van der Waals surface area contributed by atoms with Crippen LogP contribution in [0.25, 0.3) is 0 Å². The van der Waals surface area contributed by atoms with Gasteiger partial charge in [-0.1, -0.05) is 54.6 Å². The first-order valence-corrected chi connectivity index (χ1v) is 13.0. The van der Waals surface area contributed by atoms with Crippen LogP contribution in [-0.4, -0.2) is 17.6 Å². The second-order valence-corrected chi connectivity index (χ2v) is 11.4. The molecule has 0 saturated heterocycles. The highest BCUT2D eigenvalue weighted by atomic mass is 79.9. The van der Waals surface area contributed by atoms with E-state index < -0.39 is 7.26 Å². The van der Waals surface area contributed by atoms with E-state index in [1.54, 1.807) is 0 Å². The van der Waals surface area contributed by atoms with E-state index in [-0.39, 0.29) is 23.0 Å². The number of aromatic amines is 1. The lowest BCUT2D eigenvalue weighted by Crippen LogP contribution is -3.00. The van der Waals surface area contributed by atoms with E-state index in [0.29, 0.717) is 12.2 Å². The van der Waals surface area contributed by atoms with Crippen LogP contribution in [0, 0.1) is 13.8 Å². The van der Waals surface area contributed by atoms with Crippen LogP contribution in [0.5, 0.6) is 0 Å². The number of carbonyl (C=O) groups excluding carboxylic acids is 1. The van der Waals surface area contributed by atoms with Crippen molar-refractivity contribution >= 4 is 29.1 Å². The van der Waals surface area contributed by atoms with E-state index in [1.165, 1.54) is 15.9 Å². The topological polar surface area (TPSA) is 42.1 Å². The lowest BCUT2D eigenvalue weighted by atomic mass is 10.1. The number of esters is 1. The molecule has 0 unspecified atom stereocenters. The van der Waals surface area contributed by atoms with Gasteiger partial charge in [0.2, 0.25) is 0 Å². The summed E-state index contributed by atoms with van der Waals surface area (Å²) in [5.41, 5.74) is 3.61. The minimum atomic E-state index is -2.10. The minimum Gasteiger partial charge on any atom is -1.00 e. The zero-order valence-electron chi connectivity index (χ0n) is 19.2. The first-order chi connectivity index (χ1) is 15.6. The smallest absolute Gasteiger partial charge is 0.340 e. The molecular weight excluding hydrogens is 493 g/mol. The number of halogens is 1. The standard InChI is InChI=1S/C28H28NO2P.BrH/c1-4-31-28(30)27-22(3)29-21(2)26(27)20-32(23-14-8-5-9-15-23,24-16-10-6-11-17-24)25-18-12-7-13-19-25;/h5-19H,4,20H2,1-3H3;1H. The van der Waals surface area contributed by atoms with Crippen LogP contribution >= 0.6 is 7.26 Å². The molecule has 3 nitrogen and oxygen atoms in total. The van der Waals surface area contributed by atoms with Gasteiger partial charge in [0.15, 0.2) is 0 Å². The Kier molecular flexibility index (Phi) is 8.29. The third kappa shape index (κ3) is 4.83. The highest BCUT2D eigenvalue weighted by Crippen LogP contribution is 2.58. The van der Waals surface area contributed by atoms with Crippen molar-refractivity contribution in [3.63, 3.8) is 0 Å². The molecule has 0 bridgehead atoms. The van der Waals surface area contributed by atoms with Crippen LogP contribution in [0.1, 0.15) is 34.2 Å². The molecule has 5 heteroatoms. The molecule has 0 radical (unpaired) electrons. The fourth-order valence-corrected chi connectivity index (χ4v) is 8.87. The maximum absolute atomic E-state index is 13.0. The van der Waals surface area contributed by atoms with E-state index in [1.807, 2.05) is 13.8 Å². The molecule has 1 aromatic heterocycles. The maximum Gasteiger partial charge on any atom is 0.340 e. The van der Waals surface area contributed by atoms with Crippen LogP contribution in [0.4, 0.5) is 0 Å². The Morgan fingerprint density at radius 3 is 1.58 bits per heavy atom. The Hall–Kier alpha value is -2.68. The van der Waals surface area contributed by atoms with Crippen molar-refractivity contribution in [2.75, 3.05) is 6.61 Å². The molecule has 3 aromatic carbocycles. The van der Waals surface area contributed by atoms with E-state index >= 15 is 0 Å². The normalized spacial score (nSPS) is 11.0. The molecule has 0 atom stereocenters. The van der Waals surface area contributed by atoms with Gasteiger partial charge in [-0.05, 0) is 57.2 Å². The van der Waals surface area contributed by atoms with Crippen molar-refractivity contribution in [3.05, 3.63) is 114 Å². The largest absolute Gasteiger partial charge is 1.00 e. The van der Waals surface area contributed by atoms with E-state index in [4.69, 9.17) is 4.74 Å². The van der Waals surface area contributed by atoms with Crippen LogP contribution in [-0.2, 0) is 10.9 Å². The SMILES string of the molecule is CCOC(=O)c1c(C)[nH]c(C)c1C[P+](c1ccccc1)(c1ccccc1)c1ccccc1.[Br-]. The fourth-order valence-electron chi connectivity index (χ4n) is 4.52. The number of hydrogen-bond acceptors (Lipinski definition) is 2. The average molecular weight is 522 g/mol. The van der Waals surface area contributed by atoms with Gasteiger partial charge in [-0.2, -0.15) is 0 Å². The fraction of sp³-hybridized carbons (Fsp3) is 0.179. The monoisotopic (exact) mass is 521 g/mol. The summed E-state index contributed by atoms with van der Waals surface area (Å²) < 4.78 is 5.45. The first-order valence-electron chi connectivity index (χ1n) is 11.0. The van der Waals surface area contributed by atoms with Crippen molar-refractivity contribution in [1.29, 1.82) is 0 Å². The molecule has 0 fully saturated rings. The molecule has 33 heavy (non-hydrogen) atoms. The molecule has 0 aliphatic rings. The van der Waals surface area contributed by atoms with E-state index in [2.05, 4.69) is 103 Å². The molecule has 1 N–H and O–H groups in total. The summed E-state index contributed by atoms with van der Waals surface area (Å²) in [6.07, 6.45) is 0.745. The van der Waals surface area contributed by atoms with Crippen LogP contribution in [0.15, 0.2) is 91.0 Å². The van der Waals surface area contributed by atoms with Crippen molar-refractivity contribution in [1.82, 2.24) is 4.98 Å². The molecule has 0 saturated carbocycles. The second-order valence-electron chi connectivity index (χ2n) is 7.92. The third-order valence-corrected chi connectivity index (χ3v) is 10.3. The predicted molar refractivity (Wildman–Crippen MR) is 135 cm³/mol. The Balaban J connectivity index is 0.00000306. The van der Waals surface area contributed by atoms with Crippen LogP contribution in [0.3, 0.4) is 0 Å². The zero-order chi connectivity index (χ0) is 22.6. The van der Waals surface area contributed by atoms with Crippen molar-refractivity contribution in [2.45, 2.75) is 26.9 Å². The maximum atomic E-state index is 13.0. The molecule has 1 heterocycles. The number of H-pyrrole nitrogens is 1. The summed E-state index contributed by atoms with van der Waals surface area (Å²) in [5, 5.41) is 3.89. The number of aromatic nitrogens is 1. The van der Waals surface area contributed by atoms with E-state index in [0.717, 1.165) is 23.1 Å². The number of ether oxygens (including phenoxy) is 1. The van der Waals surface area contributed by atoms with Gasteiger partial charge in [-0.3, -0.25) is 0 Å². The number of hydrogen-bond donors (Lipinski definition) is 1. The number of nitrogens with one attached hydrogen (secondary N) is 1. The van der Waals surface area contributed by atoms with Gasteiger partial charge in [-0.25, -0.2) is 4.79 Å². The summed E-state index contributed by atoms with van der Waals surface area (Å²) in [5.74, 6) is -0.253. The summed E-state index contributed by atoms with van der Waals surface area (Å²) >= 11 is 0. The van der Waals surface area contributed by atoms with Gasteiger partial charge in [0.25, 0.3) is 0 Å². The molecule has 0 aliphatic heterocycles. The minimum absolute atomic E-state index is 0. The number of benzene rings is 3. The number of aryl methyl sites for hydroxylation is 2. The molecule has 4 aromatic rings. The van der Waals surface area contributed by atoms with Crippen molar-refractivity contribution < 1.29 is 26.5 Å². The van der Waals surface area contributed by atoms with Gasteiger partial charge >= 0.3 is 5.97 Å². The molecule has 0 spiro atoms. The Bertz CT molecular complexity index is 1090. The number of carbonyl (C=O) groups is 1. The summed E-state index contributed by atoms with van der Waals surface area (Å²) in [7, 11) is -2.10. The molecule has 4 rings (SSSR count). The van der Waals surface area contributed by atoms with E-state index in [9.17, 15) is 4.79 Å². The Morgan fingerprint density at radius 2 is 1.18 bits per heavy atom. The zero-order valence-corrected chi connectivity index (χ0v) is 21.7. The predicted octanol–water partition coefficient (Wildman–Crippen LogP) is 2.31. The molecule has 0 aliphatic carbocycles. The lowest BCUT2D eigenvalue weighted by Gasteiger charge is -2.28. The van der Waals surface area contributed by atoms with Gasteiger partial charge < -0.3 is 26.7 Å². The van der Waals surface area contributed by atoms with Crippen LogP contribution in [0.2, 0.25) is 0 Å². The van der Waals surface area contributed by atoms with Gasteiger partial charge in [0.1, 0.15) is 29.3 Å². The second kappa shape index (κ2) is 11.0. The number of rotatable bonds is 7. The van der Waals surface area contributed by atoms with Crippen LogP contribution < -0.4 is 32.9 Å². The molecule has 170 valence electrons. The lowest BCUT2D eigenvalue weighted by molar-refractivity contribution is -0.0000250.